The van der Waals surface area contributed by atoms with Crippen molar-refractivity contribution in [2.75, 3.05) is 63.3 Å². The number of fused-ring (bicyclic) bond motifs is 1. The number of nitrogens with zero attached hydrogens (tertiary/aromatic N) is 6. The van der Waals surface area contributed by atoms with Crippen LogP contribution >= 0.6 is 66.1 Å². The summed E-state index contributed by atoms with van der Waals surface area (Å²) in [7, 11) is 35.7. The molecule has 4 aliphatic carbocycles. The number of allylic oxidation sites excluding steroid dienone is 1. The number of anilines is 6. The molecule has 0 amide bonds. The number of aromatic hydroxyl groups is 1. The molecule has 0 spiro atoms. The van der Waals surface area contributed by atoms with Crippen LogP contribution in [0.25, 0.3) is 5.57 Å². The van der Waals surface area contributed by atoms with Gasteiger partial charge in [0, 0.05) is 93.0 Å². The summed E-state index contributed by atoms with van der Waals surface area (Å²) in [5.41, 5.74) is 37.3. The fourth-order valence-corrected chi connectivity index (χ4v) is 35.1. The monoisotopic (exact) mass is 2410 g/mol. The Balaban J connectivity index is 0.000000176. The number of ether oxygens (including phenoxy) is 2. The van der Waals surface area contributed by atoms with E-state index in [-0.39, 0.29) is 31.2 Å². The first-order valence-electron chi connectivity index (χ1n) is 52.1. The number of benzene rings is 10. The van der Waals surface area contributed by atoms with E-state index < -0.39 is 58.4 Å². The number of hydrogen-bond donors (Lipinski definition) is 0. The molecule has 7 aliphatic rings. The Bertz CT molecular complexity index is 5750. The predicted octanol–water partition coefficient (Wildman–Crippen LogP) is 33.9. The van der Waals surface area contributed by atoms with Crippen molar-refractivity contribution in [1.82, 2.24) is 0 Å². The average molecular weight is 2410 g/mol. The number of para-hydroxylation sites is 4. The van der Waals surface area contributed by atoms with Gasteiger partial charge in [-0.25, -0.2) is 0 Å². The van der Waals surface area contributed by atoms with Crippen LogP contribution in [-0.2, 0) is 58.3 Å². The van der Waals surface area contributed by atoms with Crippen molar-refractivity contribution in [2.45, 2.75) is 320 Å². The van der Waals surface area contributed by atoms with Gasteiger partial charge in [0.15, 0.2) is 0 Å². The summed E-state index contributed by atoms with van der Waals surface area (Å²) in [5, 5.41) is 0. The SMILES string of the molecule is C1CCC([PH+](C2CCCCC2)C2CCCCC2)CC1.CC(C)Oc1ccccc1[CH]=[Ru]([Cl])[Cl].CC(C)[OH+]c1ccccc1[CH]=[Ru]([Cl])[Cl].CO[Si](C)(CCCC1CN(c2c(C)cc(C)cc2C)[CH-]N1c1c(C)cc(C)cc1C)OC.Cc1cc(C)c(N2[CH-]N(c3c(C)cc(C)cc3C)CC2)c(C)c1.Cc1ccccc1N1[CH-]N(c2ccccc2C)C(C)(C)C1(C)C.O=[Si]=O.[Cl][Ru]([Cl])=[C]1C=C(c2ccccc2)c2ccccc21. The molecule has 0 bridgehead atoms. The number of aliphatic hydroxyl groups is 1. The molecule has 3 saturated carbocycles. The second-order valence-electron chi connectivity index (χ2n) is 42.0. The molecule has 10 aromatic rings. The third-order valence-corrected chi connectivity index (χ3v) is 43.8. The van der Waals surface area contributed by atoms with Crippen LogP contribution in [0.5, 0.6) is 11.5 Å². The second kappa shape index (κ2) is 58.9. The van der Waals surface area contributed by atoms with Gasteiger partial charge >= 0.3 is 333 Å². The van der Waals surface area contributed by atoms with E-state index in [1.807, 2.05) is 110 Å². The van der Waals surface area contributed by atoms with E-state index in [2.05, 4.69) is 319 Å². The molecule has 3 aliphatic heterocycles. The van der Waals surface area contributed by atoms with Crippen molar-refractivity contribution in [3.63, 3.8) is 0 Å². The Morgan fingerprint density at radius 1 is 0.452 bits per heavy atom. The summed E-state index contributed by atoms with van der Waals surface area (Å²) in [6.07, 6.45) is 28.6. The minimum atomic E-state index is -2.05. The van der Waals surface area contributed by atoms with E-state index >= 15 is 0 Å². The van der Waals surface area contributed by atoms with Crippen LogP contribution in [-0.4, -0.2) is 116 Å². The van der Waals surface area contributed by atoms with E-state index in [0.717, 1.165) is 65.3 Å². The molecule has 146 heavy (non-hydrogen) atoms. The van der Waals surface area contributed by atoms with E-state index in [1.165, 1.54) is 151 Å². The van der Waals surface area contributed by atoms with Crippen LogP contribution in [0, 0.1) is 117 Å². The van der Waals surface area contributed by atoms with Crippen LogP contribution in [0.4, 0.5) is 34.1 Å². The zero-order valence-electron chi connectivity index (χ0n) is 91.3. The zero-order valence-corrected chi connectivity index (χ0v) is 104. The van der Waals surface area contributed by atoms with Crippen molar-refractivity contribution < 1.29 is 67.8 Å². The van der Waals surface area contributed by atoms with E-state index in [9.17, 15) is 0 Å². The minimum absolute atomic E-state index is 0.0264. The maximum absolute atomic E-state index is 8.40. The number of aryl methyl sites for hydroxylation is 14. The normalized spacial score (nSPS) is 16.8. The van der Waals surface area contributed by atoms with Crippen LogP contribution < -0.4 is 34.1 Å². The molecule has 10 aromatic carbocycles. The van der Waals surface area contributed by atoms with Gasteiger partial charge in [-0.1, -0.05) is 126 Å². The standard InChI is InChI=1S/C27H41N2O2Si.2C21H27N2.C18H33P.C15H10.2C10H12O.6ClH.O2Si.3Ru/c1-19-13-21(3)26(22(4)14-19)28-17-25(11-10-12-32(9,30-7)31-8)29(18-28)27-23(5)15-20(2)16-24(27)6;1-16-11-7-9-13-18(16)22-15-23(21(5,6)20(22,3)4)19-14-10-8-12-17(19)2;1-14-9-16(3)20(17(4)10-14)22-7-8-23(13-22)21-18(5)11-15(2)12-19(21)6;1-4-10-16(11-5-1)19(17-12-6-2-7-13-17)18-14-8-3-9-15-18;1-2-6-12(7-3-1)15-11-10-13-8-4-5-9-14(13)15;2*1-8(2)11-10-7-5-4-6-9(10)3;;;;;;;1-3-2;;;/h13-16,18,25H,10-12,17H2,1-9H3;7-15H,1-6H3;9-13H,7-8H2,1-6H3;16-18H,1-15H2;1-9,11H;2*3-8H,1-2H3;6*1H;;;;/q3*-1;;;;;;;;;;;;3*+2/p-4. The molecule has 12 nitrogen and oxygen atoms in total. The number of halogens is 6. The van der Waals surface area contributed by atoms with Gasteiger partial charge in [0.2, 0.25) is 0 Å². The molecule has 0 aromatic heterocycles. The zero-order chi connectivity index (χ0) is 106. The van der Waals surface area contributed by atoms with Gasteiger partial charge in [0.1, 0.15) is 0 Å². The van der Waals surface area contributed by atoms with Crippen LogP contribution in [0.1, 0.15) is 270 Å². The van der Waals surface area contributed by atoms with Crippen LogP contribution in [0.15, 0.2) is 206 Å². The molecule has 17 rings (SSSR count). The Kier molecular flexibility index (Phi) is 49.1. The number of hydrogen-bond acceptors (Lipinski definition) is 11. The van der Waals surface area contributed by atoms with E-state index in [0.29, 0.717) is 6.04 Å². The number of rotatable bonds is 22. The molecule has 798 valence electrons. The summed E-state index contributed by atoms with van der Waals surface area (Å²) in [4.78, 5) is 14.7. The first-order valence-corrected chi connectivity index (χ1v) is 73.5. The molecular weight excluding hydrogens is 2250 g/mol. The Hall–Kier alpha value is -6.06. The molecule has 6 fully saturated rings. The summed E-state index contributed by atoms with van der Waals surface area (Å²) in [6, 6.07) is 71.4. The summed E-state index contributed by atoms with van der Waals surface area (Å²) in [6.45, 7) is 60.4. The van der Waals surface area contributed by atoms with Gasteiger partial charge in [-0.15, -0.1) is 0 Å². The van der Waals surface area contributed by atoms with Crippen molar-refractivity contribution in [3.05, 3.63) is 332 Å². The fraction of sp³-hybridized carbons (Fsp3) is 0.443. The summed E-state index contributed by atoms with van der Waals surface area (Å²) in [5.74, 6) is 1.82. The molecule has 1 atom stereocenters. The predicted molar refractivity (Wildman–Crippen MR) is 630 cm³/mol. The van der Waals surface area contributed by atoms with Crippen LogP contribution in [0.2, 0.25) is 12.6 Å². The Labute approximate surface area is 923 Å². The van der Waals surface area contributed by atoms with Crippen LogP contribution in [0.3, 0.4) is 0 Å². The maximum atomic E-state index is 8.40. The molecule has 3 saturated heterocycles. The summed E-state index contributed by atoms with van der Waals surface area (Å²) >= 11 is -5.40. The Morgan fingerprint density at radius 3 is 1.23 bits per heavy atom. The van der Waals surface area contributed by atoms with Gasteiger partial charge in [-0.3, -0.25) is 8.92 Å². The van der Waals surface area contributed by atoms with Crippen molar-refractivity contribution in [2.24, 2.45) is 0 Å². The van der Waals surface area contributed by atoms with Gasteiger partial charge in [-0.2, -0.15) is 20.0 Å². The second-order valence-corrected chi connectivity index (χ2v) is 66.4. The van der Waals surface area contributed by atoms with Crippen molar-refractivity contribution in [3.8, 4) is 11.5 Å². The van der Waals surface area contributed by atoms with Gasteiger partial charge in [0.05, 0.1) is 17.0 Å². The van der Waals surface area contributed by atoms with E-state index in [1.54, 1.807) is 111 Å². The topological polar surface area (TPSA) is 94.1 Å². The van der Waals surface area contributed by atoms with Gasteiger partial charge < -0.3 is 38.3 Å². The van der Waals surface area contributed by atoms with Crippen molar-refractivity contribution >= 4 is 137 Å². The Morgan fingerprint density at radius 2 is 0.822 bits per heavy atom. The molecule has 3 heterocycles. The van der Waals surface area contributed by atoms with Gasteiger partial charge in [-0.05, 0) is 295 Å². The molecular formula is C122H164Cl6N6O6PRu3Si2-. The third kappa shape index (κ3) is 34.0. The molecule has 1 N–H and O–H groups in total. The first-order chi connectivity index (χ1) is 69.5. The van der Waals surface area contributed by atoms with E-state index in [4.69, 9.17) is 80.7 Å². The first kappa shape index (κ1) is 122. The molecule has 0 radical (unpaired) electrons. The fourth-order valence-electron chi connectivity index (χ4n) is 22.4. The average Bonchev–Trinajstić information content (AvgIpc) is 1.57. The summed E-state index contributed by atoms with van der Waals surface area (Å²) < 4.78 is 43.3. The van der Waals surface area contributed by atoms with Gasteiger partial charge in [0.25, 0.3) is 0 Å². The molecule has 24 heteroatoms. The van der Waals surface area contributed by atoms with Crippen molar-refractivity contribution in [1.29, 1.82) is 0 Å². The molecule has 1 unspecified atom stereocenters. The quantitative estimate of drug-likeness (QED) is 0.0281. The third-order valence-electron chi connectivity index (χ3n) is 29.5.